The largest absolute Gasteiger partial charge is 0.355 e. The molecule has 2 atom stereocenters. The molecule has 0 saturated carbocycles. The van der Waals surface area contributed by atoms with Crippen molar-refractivity contribution in [2.45, 2.75) is 46.6 Å². The first-order chi connectivity index (χ1) is 8.77. The predicted molar refractivity (Wildman–Crippen MR) is 81.9 cm³/mol. The Balaban J connectivity index is 4.15. The fourth-order valence-corrected chi connectivity index (χ4v) is 2.50. The molecule has 0 fully saturated rings. The maximum Gasteiger partial charge on any atom is 0.220 e. The molecule has 0 bridgehead atoms. The van der Waals surface area contributed by atoms with Crippen LogP contribution in [0.15, 0.2) is 0 Å². The van der Waals surface area contributed by atoms with Crippen molar-refractivity contribution in [2.75, 3.05) is 27.2 Å². The first-order valence-electron chi connectivity index (χ1n) is 7.41. The van der Waals surface area contributed by atoms with Gasteiger partial charge in [-0.2, -0.15) is 0 Å². The first-order valence-corrected chi connectivity index (χ1v) is 7.41. The van der Waals surface area contributed by atoms with Gasteiger partial charge < -0.3 is 16.0 Å². The molecule has 0 aliphatic rings. The number of hydrogen-bond donors (Lipinski definition) is 2. The lowest BCUT2D eigenvalue weighted by molar-refractivity contribution is -0.122. The van der Waals surface area contributed by atoms with Crippen LogP contribution in [-0.2, 0) is 4.79 Å². The maximum absolute atomic E-state index is 12.0. The summed E-state index contributed by atoms with van der Waals surface area (Å²) in [4.78, 5) is 14.1. The van der Waals surface area contributed by atoms with Gasteiger partial charge in [0.25, 0.3) is 0 Å². The standard InChI is InChI=1S/C15H33N3O/c1-11(2)7-13(9-16)8-15(19)17-10-14(12(3)4)18(5)6/h11-14H,7-10,16H2,1-6H3,(H,17,19). The highest BCUT2D eigenvalue weighted by molar-refractivity contribution is 5.76. The number of carbonyl (C=O) groups excluding carboxylic acids is 1. The van der Waals surface area contributed by atoms with Crippen molar-refractivity contribution in [2.24, 2.45) is 23.5 Å². The molecule has 0 aliphatic carbocycles. The molecule has 3 N–H and O–H groups in total. The minimum absolute atomic E-state index is 0.128. The quantitative estimate of drug-likeness (QED) is 0.671. The van der Waals surface area contributed by atoms with Crippen LogP contribution in [0.25, 0.3) is 0 Å². The molecule has 0 spiro atoms. The summed E-state index contributed by atoms with van der Waals surface area (Å²) in [6, 6.07) is 0.380. The van der Waals surface area contributed by atoms with Gasteiger partial charge in [0.15, 0.2) is 0 Å². The topological polar surface area (TPSA) is 58.4 Å². The summed E-state index contributed by atoms with van der Waals surface area (Å²) in [6.45, 7) is 9.99. The van der Waals surface area contributed by atoms with Gasteiger partial charge in [-0.05, 0) is 44.8 Å². The van der Waals surface area contributed by atoms with Crippen molar-refractivity contribution in [1.29, 1.82) is 0 Å². The third-order valence-corrected chi connectivity index (χ3v) is 3.55. The summed E-state index contributed by atoms with van der Waals surface area (Å²) in [5, 5.41) is 3.05. The average Bonchev–Trinajstić information content (AvgIpc) is 2.26. The maximum atomic E-state index is 12.0. The van der Waals surface area contributed by atoms with Gasteiger partial charge in [0.05, 0.1) is 0 Å². The molecular weight excluding hydrogens is 238 g/mol. The highest BCUT2D eigenvalue weighted by Crippen LogP contribution is 2.14. The molecule has 0 aromatic carbocycles. The number of nitrogens with two attached hydrogens (primary N) is 1. The van der Waals surface area contributed by atoms with Gasteiger partial charge in [0.2, 0.25) is 5.91 Å². The number of nitrogens with zero attached hydrogens (tertiary/aromatic N) is 1. The second-order valence-corrected chi connectivity index (χ2v) is 6.51. The lowest BCUT2D eigenvalue weighted by Crippen LogP contribution is -2.43. The fraction of sp³-hybridized carbons (Fsp3) is 0.933. The molecule has 2 unspecified atom stereocenters. The van der Waals surface area contributed by atoms with E-state index in [0.717, 1.165) is 6.42 Å². The van der Waals surface area contributed by atoms with Crippen LogP contribution in [-0.4, -0.2) is 44.0 Å². The summed E-state index contributed by atoms with van der Waals surface area (Å²) in [7, 11) is 4.11. The van der Waals surface area contributed by atoms with E-state index in [2.05, 4.69) is 52.0 Å². The highest BCUT2D eigenvalue weighted by atomic mass is 16.1. The van der Waals surface area contributed by atoms with Gasteiger partial charge in [-0.25, -0.2) is 0 Å². The van der Waals surface area contributed by atoms with E-state index in [-0.39, 0.29) is 5.91 Å². The van der Waals surface area contributed by atoms with Crippen LogP contribution < -0.4 is 11.1 Å². The van der Waals surface area contributed by atoms with Crippen molar-refractivity contribution in [1.82, 2.24) is 10.2 Å². The van der Waals surface area contributed by atoms with E-state index in [4.69, 9.17) is 5.73 Å². The second-order valence-electron chi connectivity index (χ2n) is 6.51. The average molecular weight is 271 g/mol. The smallest absolute Gasteiger partial charge is 0.220 e. The number of hydrogen-bond acceptors (Lipinski definition) is 3. The zero-order valence-corrected chi connectivity index (χ0v) is 13.6. The number of rotatable bonds is 9. The first kappa shape index (κ1) is 18.4. The van der Waals surface area contributed by atoms with Crippen molar-refractivity contribution in [3.05, 3.63) is 0 Å². The minimum atomic E-state index is 0.128. The van der Waals surface area contributed by atoms with Crippen molar-refractivity contribution >= 4 is 5.91 Å². The van der Waals surface area contributed by atoms with Crippen LogP contribution in [0, 0.1) is 17.8 Å². The zero-order chi connectivity index (χ0) is 15.0. The summed E-state index contributed by atoms with van der Waals surface area (Å²) < 4.78 is 0. The van der Waals surface area contributed by atoms with Gasteiger partial charge in [-0.3, -0.25) is 4.79 Å². The third-order valence-electron chi connectivity index (χ3n) is 3.55. The van der Waals surface area contributed by atoms with Gasteiger partial charge >= 0.3 is 0 Å². The number of amides is 1. The molecule has 0 rings (SSSR count). The second kappa shape index (κ2) is 9.32. The Bertz CT molecular complexity index is 244. The van der Waals surface area contributed by atoms with Gasteiger partial charge in [0.1, 0.15) is 0 Å². The molecule has 4 nitrogen and oxygen atoms in total. The molecule has 1 amide bonds. The number of carbonyl (C=O) groups is 1. The SMILES string of the molecule is CC(C)CC(CN)CC(=O)NCC(C(C)C)N(C)C. The van der Waals surface area contributed by atoms with E-state index in [1.165, 1.54) is 0 Å². The molecule has 0 saturated heterocycles. The number of likely N-dealkylation sites (N-methyl/N-ethyl adjacent to an activating group) is 1. The summed E-state index contributed by atoms with van der Waals surface area (Å²) in [5.41, 5.74) is 5.73. The Morgan fingerprint density at radius 3 is 2.16 bits per heavy atom. The van der Waals surface area contributed by atoms with Crippen molar-refractivity contribution in [3.8, 4) is 0 Å². The summed E-state index contributed by atoms with van der Waals surface area (Å²) in [5.74, 6) is 1.54. The Morgan fingerprint density at radius 2 is 1.79 bits per heavy atom. The van der Waals surface area contributed by atoms with Crippen LogP contribution >= 0.6 is 0 Å². The third kappa shape index (κ3) is 8.22. The van der Waals surface area contributed by atoms with Crippen molar-refractivity contribution < 1.29 is 4.79 Å². The monoisotopic (exact) mass is 271 g/mol. The molecule has 0 aromatic heterocycles. The molecule has 0 heterocycles. The van der Waals surface area contributed by atoms with E-state index in [0.29, 0.717) is 43.3 Å². The lowest BCUT2D eigenvalue weighted by atomic mass is 9.94. The highest BCUT2D eigenvalue weighted by Gasteiger charge is 2.18. The van der Waals surface area contributed by atoms with Crippen LogP contribution in [0.5, 0.6) is 0 Å². The normalized spacial score (nSPS) is 15.1. The molecule has 0 radical (unpaired) electrons. The van der Waals surface area contributed by atoms with E-state index in [1.54, 1.807) is 0 Å². The lowest BCUT2D eigenvalue weighted by Gasteiger charge is -2.28. The Morgan fingerprint density at radius 1 is 1.21 bits per heavy atom. The van der Waals surface area contributed by atoms with Gasteiger partial charge in [0, 0.05) is 19.0 Å². The Kier molecular flexibility index (Phi) is 9.02. The molecule has 19 heavy (non-hydrogen) atoms. The molecular formula is C15H33N3O. The summed E-state index contributed by atoms with van der Waals surface area (Å²) >= 11 is 0. The van der Waals surface area contributed by atoms with Gasteiger partial charge in [-0.1, -0.05) is 27.7 Å². The Labute approximate surface area is 119 Å². The van der Waals surface area contributed by atoms with Gasteiger partial charge in [-0.15, -0.1) is 0 Å². The molecule has 114 valence electrons. The van der Waals surface area contributed by atoms with Crippen molar-refractivity contribution in [3.63, 3.8) is 0 Å². The molecule has 0 aliphatic heterocycles. The number of nitrogens with one attached hydrogen (secondary N) is 1. The summed E-state index contributed by atoms with van der Waals surface area (Å²) in [6.07, 6.45) is 1.57. The van der Waals surface area contributed by atoms with E-state index < -0.39 is 0 Å². The molecule has 4 heteroatoms. The van der Waals surface area contributed by atoms with E-state index >= 15 is 0 Å². The minimum Gasteiger partial charge on any atom is -0.355 e. The van der Waals surface area contributed by atoms with Crippen LogP contribution in [0.3, 0.4) is 0 Å². The van der Waals surface area contributed by atoms with E-state index in [1.807, 2.05) is 0 Å². The van der Waals surface area contributed by atoms with Crippen LogP contribution in [0.4, 0.5) is 0 Å². The zero-order valence-electron chi connectivity index (χ0n) is 13.6. The van der Waals surface area contributed by atoms with Crippen LogP contribution in [0.1, 0.15) is 40.5 Å². The van der Waals surface area contributed by atoms with Crippen LogP contribution in [0.2, 0.25) is 0 Å². The fourth-order valence-electron chi connectivity index (χ4n) is 2.50. The predicted octanol–water partition coefficient (Wildman–Crippen LogP) is 1.70. The Hall–Kier alpha value is -0.610. The van der Waals surface area contributed by atoms with E-state index in [9.17, 15) is 4.79 Å². The molecule has 0 aromatic rings.